The molecule has 1 saturated heterocycles. The molecule has 3 atom stereocenters. The average molecular weight is 193 g/mol. The topological polar surface area (TPSA) is 3.24 Å². The Hall–Kier alpha value is -0.250. The van der Waals surface area contributed by atoms with Gasteiger partial charge in [-0.15, -0.1) is 0 Å². The van der Waals surface area contributed by atoms with Gasteiger partial charge in [0.25, 0.3) is 0 Å². The molecule has 4 heteroatoms. The van der Waals surface area contributed by atoms with Crippen LogP contribution in [0.15, 0.2) is 0 Å². The van der Waals surface area contributed by atoms with E-state index in [4.69, 9.17) is 0 Å². The van der Waals surface area contributed by atoms with Gasteiger partial charge in [0.2, 0.25) is 0 Å². The monoisotopic (exact) mass is 193 g/mol. The second-order valence-electron chi connectivity index (χ2n) is 3.99. The molecule has 0 radical (unpaired) electrons. The number of fused-ring (bicyclic) bond motifs is 1. The molecule has 0 N–H and O–H groups in total. The minimum Gasteiger partial charge on any atom is -0.300 e. The number of rotatable bonds is 1. The van der Waals surface area contributed by atoms with Crippen LogP contribution in [0.1, 0.15) is 19.8 Å². The van der Waals surface area contributed by atoms with Gasteiger partial charge >= 0.3 is 6.18 Å². The molecule has 1 saturated carbocycles. The van der Waals surface area contributed by atoms with Crippen LogP contribution >= 0.6 is 0 Å². The van der Waals surface area contributed by atoms with Gasteiger partial charge < -0.3 is 0 Å². The minimum atomic E-state index is -3.97. The molecule has 1 aliphatic heterocycles. The number of hydrogen-bond acceptors (Lipinski definition) is 1. The van der Waals surface area contributed by atoms with Gasteiger partial charge in [-0.05, 0) is 31.8 Å². The van der Waals surface area contributed by atoms with Crippen LogP contribution in [0.25, 0.3) is 0 Å². The van der Waals surface area contributed by atoms with E-state index in [1.54, 1.807) is 0 Å². The van der Waals surface area contributed by atoms with Crippen LogP contribution in [0, 0.1) is 11.8 Å². The predicted octanol–water partition coefficient (Wildman–Crippen LogP) is 2.28. The molecule has 1 aliphatic carbocycles. The van der Waals surface area contributed by atoms with E-state index in [-0.39, 0.29) is 12.0 Å². The van der Waals surface area contributed by atoms with E-state index >= 15 is 0 Å². The fourth-order valence-corrected chi connectivity index (χ4v) is 2.69. The lowest BCUT2D eigenvalue weighted by atomic mass is 10.1. The quantitative estimate of drug-likeness (QED) is 0.617. The summed E-state index contributed by atoms with van der Waals surface area (Å²) >= 11 is 0. The summed E-state index contributed by atoms with van der Waals surface area (Å²) in [7, 11) is 0. The third kappa shape index (κ3) is 1.45. The third-order valence-corrected chi connectivity index (χ3v) is 3.32. The van der Waals surface area contributed by atoms with Crippen LogP contribution in [-0.4, -0.2) is 30.2 Å². The fourth-order valence-electron chi connectivity index (χ4n) is 2.69. The van der Waals surface area contributed by atoms with Gasteiger partial charge in [0.1, 0.15) is 0 Å². The Labute approximate surface area is 75.9 Å². The van der Waals surface area contributed by atoms with Crippen LogP contribution in [0.5, 0.6) is 0 Å². The maximum atomic E-state index is 12.4. The molecule has 2 fully saturated rings. The molecule has 0 aromatic carbocycles. The van der Waals surface area contributed by atoms with Crippen molar-refractivity contribution in [3.8, 4) is 0 Å². The first kappa shape index (κ1) is 9.31. The van der Waals surface area contributed by atoms with Gasteiger partial charge in [0.05, 0.1) is 5.92 Å². The molecule has 0 aromatic rings. The standard InChI is InChI=1S/C9H14F3N/c1-2-13-5-3-4-6-7(8(6)13)9(10,11)12/h6-8H,2-5H2,1H3. The lowest BCUT2D eigenvalue weighted by molar-refractivity contribution is -0.154. The van der Waals surface area contributed by atoms with E-state index in [9.17, 15) is 13.2 Å². The van der Waals surface area contributed by atoms with Crippen LogP contribution in [0.3, 0.4) is 0 Å². The van der Waals surface area contributed by atoms with Crippen molar-refractivity contribution in [2.45, 2.75) is 32.0 Å². The van der Waals surface area contributed by atoms with Gasteiger partial charge in [-0.25, -0.2) is 0 Å². The Morgan fingerprint density at radius 3 is 2.62 bits per heavy atom. The SMILES string of the molecule is CCN1CCCC2C1C2C(F)(F)F. The molecule has 1 heterocycles. The summed E-state index contributed by atoms with van der Waals surface area (Å²) in [4.78, 5) is 1.98. The second kappa shape index (κ2) is 2.87. The molecule has 0 aromatic heterocycles. The lowest BCUT2D eigenvalue weighted by Gasteiger charge is -2.24. The first-order valence-electron chi connectivity index (χ1n) is 4.86. The van der Waals surface area contributed by atoms with Gasteiger partial charge in [0.15, 0.2) is 0 Å². The van der Waals surface area contributed by atoms with Crippen molar-refractivity contribution in [3.05, 3.63) is 0 Å². The number of hydrogen-bond donors (Lipinski definition) is 0. The zero-order valence-electron chi connectivity index (χ0n) is 7.64. The first-order valence-corrected chi connectivity index (χ1v) is 4.86. The number of piperidine rings is 1. The molecule has 0 spiro atoms. The molecular weight excluding hydrogens is 179 g/mol. The van der Waals surface area contributed by atoms with E-state index in [1.807, 2.05) is 11.8 Å². The highest BCUT2D eigenvalue weighted by Crippen LogP contribution is 2.56. The Morgan fingerprint density at radius 1 is 1.38 bits per heavy atom. The maximum Gasteiger partial charge on any atom is 0.393 e. The number of halogens is 3. The Morgan fingerprint density at radius 2 is 2.08 bits per heavy atom. The van der Waals surface area contributed by atoms with Crippen LogP contribution in [0.4, 0.5) is 13.2 Å². The molecule has 1 nitrogen and oxygen atoms in total. The molecule has 2 rings (SSSR count). The van der Waals surface area contributed by atoms with Crippen LogP contribution < -0.4 is 0 Å². The van der Waals surface area contributed by atoms with Crippen LogP contribution in [0.2, 0.25) is 0 Å². The third-order valence-electron chi connectivity index (χ3n) is 3.32. The molecule has 13 heavy (non-hydrogen) atoms. The van der Waals surface area contributed by atoms with Crippen molar-refractivity contribution in [1.29, 1.82) is 0 Å². The van der Waals surface area contributed by atoms with Gasteiger partial charge in [0, 0.05) is 6.04 Å². The van der Waals surface area contributed by atoms with Crippen molar-refractivity contribution in [2.75, 3.05) is 13.1 Å². The summed E-state index contributed by atoms with van der Waals surface area (Å²) in [5.74, 6) is -1.11. The predicted molar refractivity (Wildman–Crippen MR) is 43.3 cm³/mol. The Balaban J connectivity index is 2.04. The van der Waals surface area contributed by atoms with Crippen molar-refractivity contribution in [2.24, 2.45) is 11.8 Å². The summed E-state index contributed by atoms with van der Waals surface area (Å²) in [6.45, 7) is 3.55. The summed E-state index contributed by atoms with van der Waals surface area (Å²) in [6.07, 6.45) is -2.26. The zero-order chi connectivity index (χ0) is 9.64. The van der Waals surface area contributed by atoms with Crippen molar-refractivity contribution in [3.63, 3.8) is 0 Å². The highest BCUT2D eigenvalue weighted by atomic mass is 19.4. The van der Waals surface area contributed by atoms with E-state index in [0.717, 1.165) is 25.9 Å². The van der Waals surface area contributed by atoms with E-state index in [1.165, 1.54) is 0 Å². The fraction of sp³-hybridized carbons (Fsp3) is 1.00. The summed E-state index contributed by atoms with van der Waals surface area (Å²) in [5.41, 5.74) is 0. The number of likely N-dealkylation sites (tertiary alicyclic amines) is 1. The molecule has 0 bridgehead atoms. The van der Waals surface area contributed by atoms with E-state index in [2.05, 4.69) is 0 Å². The minimum absolute atomic E-state index is 0.0892. The van der Waals surface area contributed by atoms with Crippen LogP contribution in [-0.2, 0) is 0 Å². The van der Waals surface area contributed by atoms with E-state index < -0.39 is 12.1 Å². The zero-order valence-corrected chi connectivity index (χ0v) is 7.64. The number of nitrogens with zero attached hydrogens (tertiary/aromatic N) is 1. The smallest absolute Gasteiger partial charge is 0.300 e. The highest BCUT2D eigenvalue weighted by molar-refractivity contribution is 5.09. The van der Waals surface area contributed by atoms with Crippen molar-refractivity contribution in [1.82, 2.24) is 4.90 Å². The number of alkyl halides is 3. The van der Waals surface area contributed by atoms with Crippen molar-refractivity contribution >= 4 is 0 Å². The highest BCUT2D eigenvalue weighted by Gasteiger charge is 2.66. The molecule has 3 unspecified atom stereocenters. The Kier molecular flexibility index (Phi) is 2.06. The molecular formula is C9H14F3N. The largest absolute Gasteiger partial charge is 0.393 e. The van der Waals surface area contributed by atoms with Gasteiger partial charge in [-0.2, -0.15) is 13.2 Å². The van der Waals surface area contributed by atoms with Gasteiger partial charge in [-0.3, -0.25) is 4.90 Å². The lowest BCUT2D eigenvalue weighted by Crippen LogP contribution is -2.33. The second-order valence-corrected chi connectivity index (χ2v) is 3.99. The first-order chi connectivity index (χ1) is 6.05. The van der Waals surface area contributed by atoms with E-state index in [0.29, 0.717) is 0 Å². The van der Waals surface area contributed by atoms with Crippen molar-refractivity contribution < 1.29 is 13.2 Å². The maximum absolute atomic E-state index is 12.4. The average Bonchev–Trinajstić information content (AvgIpc) is 2.75. The molecule has 0 amide bonds. The summed E-state index contributed by atoms with van der Waals surface area (Å²) in [6, 6.07) is -0.182. The Bertz CT molecular complexity index is 202. The normalized spacial score (nSPS) is 40.2. The molecule has 2 aliphatic rings. The van der Waals surface area contributed by atoms with Gasteiger partial charge in [-0.1, -0.05) is 6.92 Å². The summed E-state index contributed by atoms with van der Waals surface area (Å²) < 4.78 is 37.3. The molecule has 76 valence electrons. The summed E-state index contributed by atoms with van der Waals surface area (Å²) in [5, 5.41) is 0.